The predicted molar refractivity (Wildman–Crippen MR) is 132 cm³/mol. The molecular formula is C25H29N5O3S. The number of nitrogens with zero attached hydrogens (tertiary/aromatic N) is 4. The lowest BCUT2D eigenvalue weighted by molar-refractivity contribution is -0.119. The normalized spacial score (nSPS) is 13.9. The van der Waals surface area contributed by atoms with Crippen molar-refractivity contribution in [3.63, 3.8) is 0 Å². The Bertz CT molecular complexity index is 1130. The SMILES string of the molecule is C=CCn1c(SCC(=O)N[C@H](c2ccc3c(c2)OCCCO3)C(C)C)nnc1-c1ccncc1. The monoisotopic (exact) mass is 479 g/mol. The van der Waals surface area contributed by atoms with Gasteiger partial charge in [0.25, 0.3) is 0 Å². The molecule has 1 atom stereocenters. The van der Waals surface area contributed by atoms with Crippen LogP contribution in [-0.4, -0.2) is 44.6 Å². The van der Waals surface area contributed by atoms with Crippen molar-refractivity contribution < 1.29 is 14.3 Å². The van der Waals surface area contributed by atoms with Gasteiger partial charge in [0.05, 0.1) is 25.0 Å². The van der Waals surface area contributed by atoms with E-state index in [-0.39, 0.29) is 23.6 Å². The number of ether oxygens (including phenoxy) is 2. The number of nitrogens with one attached hydrogen (secondary N) is 1. The van der Waals surface area contributed by atoms with E-state index in [0.29, 0.717) is 24.9 Å². The van der Waals surface area contributed by atoms with E-state index in [1.165, 1.54) is 11.8 Å². The van der Waals surface area contributed by atoms with Crippen molar-refractivity contribution in [1.82, 2.24) is 25.1 Å². The molecule has 1 aliphatic heterocycles. The number of pyridine rings is 1. The molecule has 178 valence electrons. The van der Waals surface area contributed by atoms with Gasteiger partial charge in [0.15, 0.2) is 22.5 Å². The van der Waals surface area contributed by atoms with Crippen molar-refractivity contribution in [1.29, 1.82) is 0 Å². The Labute approximate surface area is 203 Å². The van der Waals surface area contributed by atoms with E-state index >= 15 is 0 Å². The van der Waals surface area contributed by atoms with E-state index in [1.54, 1.807) is 18.5 Å². The zero-order chi connectivity index (χ0) is 23.9. The summed E-state index contributed by atoms with van der Waals surface area (Å²) in [4.78, 5) is 17.0. The first kappa shape index (κ1) is 23.8. The van der Waals surface area contributed by atoms with Crippen molar-refractivity contribution >= 4 is 17.7 Å². The van der Waals surface area contributed by atoms with Gasteiger partial charge >= 0.3 is 0 Å². The Kier molecular flexibility index (Phi) is 7.84. The minimum Gasteiger partial charge on any atom is -0.490 e. The quantitative estimate of drug-likeness (QED) is 0.362. The summed E-state index contributed by atoms with van der Waals surface area (Å²) in [5.41, 5.74) is 1.90. The molecule has 0 spiro atoms. The largest absolute Gasteiger partial charge is 0.490 e. The minimum absolute atomic E-state index is 0.0746. The Hall–Kier alpha value is -3.33. The number of carbonyl (C=O) groups excluding carboxylic acids is 1. The fourth-order valence-electron chi connectivity index (χ4n) is 3.76. The van der Waals surface area contributed by atoms with Gasteiger partial charge in [-0.3, -0.25) is 14.3 Å². The summed E-state index contributed by atoms with van der Waals surface area (Å²) in [5, 5.41) is 12.5. The maximum Gasteiger partial charge on any atom is 0.230 e. The molecule has 0 aliphatic carbocycles. The molecule has 1 aliphatic rings. The molecular weight excluding hydrogens is 450 g/mol. The van der Waals surface area contributed by atoms with Gasteiger partial charge in [-0.05, 0) is 35.7 Å². The predicted octanol–water partition coefficient (Wildman–Crippen LogP) is 4.29. The summed E-state index contributed by atoms with van der Waals surface area (Å²) >= 11 is 1.35. The van der Waals surface area contributed by atoms with Crippen LogP contribution in [-0.2, 0) is 11.3 Å². The molecule has 34 heavy (non-hydrogen) atoms. The number of allylic oxidation sites excluding steroid dienone is 1. The van der Waals surface area contributed by atoms with Crippen LogP contribution >= 0.6 is 11.8 Å². The summed E-state index contributed by atoms with van der Waals surface area (Å²) in [6.07, 6.45) is 6.07. The zero-order valence-corrected chi connectivity index (χ0v) is 20.3. The van der Waals surface area contributed by atoms with Crippen molar-refractivity contribution in [2.75, 3.05) is 19.0 Å². The number of carbonyl (C=O) groups is 1. The second-order valence-corrected chi connectivity index (χ2v) is 9.22. The van der Waals surface area contributed by atoms with Crippen LogP contribution in [0, 0.1) is 5.92 Å². The van der Waals surface area contributed by atoms with Crippen molar-refractivity contribution in [3.8, 4) is 22.9 Å². The molecule has 0 bridgehead atoms. The highest BCUT2D eigenvalue weighted by atomic mass is 32.2. The lowest BCUT2D eigenvalue weighted by atomic mass is 9.95. The molecule has 2 aromatic heterocycles. The number of rotatable bonds is 9. The van der Waals surface area contributed by atoms with E-state index in [4.69, 9.17) is 9.47 Å². The van der Waals surface area contributed by atoms with Crippen molar-refractivity contribution in [2.24, 2.45) is 5.92 Å². The molecule has 4 rings (SSSR count). The van der Waals surface area contributed by atoms with Gasteiger partial charge in [0.1, 0.15) is 0 Å². The van der Waals surface area contributed by atoms with Crippen LogP contribution in [0.25, 0.3) is 11.4 Å². The molecule has 0 radical (unpaired) electrons. The van der Waals surface area contributed by atoms with Crippen LogP contribution in [0.2, 0.25) is 0 Å². The molecule has 0 saturated heterocycles. The fourth-order valence-corrected chi connectivity index (χ4v) is 4.52. The summed E-state index contributed by atoms with van der Waals surface area (Å²) < 4.78 is 13.5. The number of hydrogen-bond acceptors (Lipinski definition) is 7. The number of fused-ring (bicyclic) bond motifs is 1. The Balaban J connectivity index is 1.45. The highest BCUT2D eigenvalue weighted by Gasteiger charge is 2.22. The highest BCUT2D eigenvalue weighted by Crippen LogP contribution is 2.34. The van der Waals surface area contributed by atoms with E-state index in [0.717, 1.165) is 34.9 Å². The van der Waals surface area contributed by atoms with Gasteiger partial charge in [0.2, 0.25) is 5.91 Å². The number of amides is 1. The number of thioether (sulfide) groups is 1. The lowest BCUT2D eigenvalue weighted by Gasteiger charge is -2.24. The molecule has 0 saturated carbocycles. The first-order chi connectivity index (χ1) is 16.6. The second kappa shape index (κ2) is 11.2. The minimum atomic E-state index is -0.149. The molecule has 0 fully saturated rings. The summed E-state index contributed by atoms with van der Waals surface area (Å²) in [6.45, 7) is 9.82. The van der Waals surface area contributed by atoms with Crippen LogP contribution in [0.3, 0.4) is 0 Å². The maximum absolute atomic E-state index is 12.9. The molecule has 3 heterocycles. The van der Waals surface area contributed by atoms with E-state index in [2.05, 4.69) is 40.9 Å². The number of aromatic nitrogens is 4. The first-order valence-corrected chi connectivity index (χ1v) is 12.3. The van der Waals surface area contributed by atoms with Crippen molar-refractivity contribution in [2.45, 2.75) is 38.0 Å². The summed E-state index contributed by atoms with van der Waals surface area (Å²) in [6, 6.07) is 9.50. The fraction of sp³-hybridized carbons (Fsp3) is 0.360. The van der Waals surface area contributed by atoms with Gasteiger partial charge in [-0.1, -0.05) is 37.8 Å². The molecule has 0 unspecified atom stereocenters. The summed E-state index contributed by atoms with van der Waals surface area (Å²) in [7, 11) is 0. The van der Waals surface area contributed by atoms with Crippen molar-refractivity contribution in [3.05, 3.63) is 60.9 Å². The topological polar surface area (TPSA) is 91.2 Å². The van der Waals surface area contributed by atoms with Gasteiger partial charge in [0, 0.05) is 30.9 Å². The average Bonchev–Trinajstić information content (AvgIpc) is 3.09. The van der Waals surface area contributed by atoms with Gasteiger partial charge in [-0.25, -0.2) is 0 Å². The summed E-state index contributed by atoms with van der Waals surface area (Å²) in [5.74, 6) is 2.54. The third-order valence-corrected chi connectivity index (χ3v) is 6.38. The molecule has 1 aromatic carbocycles. The average molecular weight is 480 g/mol. The Morgan fingerprint density at radius 3 is 2.68 bits per heavy atom. The Morgan fingerprint density at radius 1 is 1.18 bits per heavy atom. The molecule has 3 aromatic rings. The zero-order valence-electron chi connectivity index (χ0n) is 19.4. The highest BCUT2D eigenvalue weighted by molar-refractivity contribution is 7.99. The Morgan fingerprint density at radius 2 is 1.94 bits per heavy atom. The van der Waals surface area contributed by atoms with Crippen LogP contribution in [0.5, 0.6) is 11.5 Å². The lowest BCUT2D eigenvalue weighted by Crippen LogP contribution is -2.33. The van der Waals surface area contributed by atoms with Gasteiger partial charge in [-0.2, -0.15) is 0 Å². The molecule has 9 heteroatoms. The number of benzene rings is 1. The third kappa shape index (κ3) is 5.59. The third-order valence-electron chi connectivity index (χ3n) is 5.41. The molecule has 8 nitrogen and oxygen atoms in total. The standard InChI is InChI=1S/C25H29N5O3S/c1-4-12-30-24(18-8-10-26-11-9-18)28-29-25(30)34-16-22(31)27-23(17(2)3)19-6-7-20-21(15-19)33-14-5-13-32-20/h4,6-11,15,17,23H,1,5,12-14,16H2,2-3H3,(H,27,31)/t23-/m0/s1. The smallest absolute Gasteiger partial charge is 0.230 e. The number of hydrogen-bond donors (Lipinski definition) is 1. The van der Waals surface area contributed by atoms with E-state index in [9.17, 15) is 4.79 Å². The van der Waals surface area contributed by atoms with Crippen LogP contribution in [0.15, 0.2) is 60.5 Å². The first-order valence-electron chi connectivity index (χ1n) is 11.3. The van der Waals surface area contributed by atoms with E-state index in [1.807, 2.05) is 34.9 Å². The van der Waals surface area contributed by atoms with Crippen LogP contribution < -0.4 is 14.8 Å². The maximum atomic E-state index is 12.9. The van der Waals surface area contributed by atoms with E-state index < -0.39 is 0 Å². The van der Waals surface area contributed by atoms with Crippen LogP contribution in [0.1, 0.15) is 31.9 Å². The molecule has 1 N–H and O–H groups in total. The van der Waals surface area contributed by atoms with Crippen LogP contribution in [0.4, 0.5) is 0 Å². The second-order valence-electron chi connectivity index (χ2n) is 8.28. The van der Waals surface area contributed by atoms with Gasteiger partial charge in [-0.15, -0.1) is 16.8 Å². The molecule has 1 amide bonds. The van der Waals surface area contributed by atoms with Gasteiger partial charge < -0.3 is 14.8 Å².